The van der Waals surface area contributed by atoms with Crippen LogP contribution < -0.4 is 5.32 Å². The molecule has 98 valence electrons. The third-order valence-corrected chi connectivity index (χ3v) is 5.34. The van der Waals surface area contributed by atoms with Crippen molar-refractivity contribution >= 4 is 33.2 Å². The standard InChI is InChI=1S/C15H14BrNOS/c1-9-6-13(16)14(19-9)15(18)17-12-7-10-4-2-3-5-11(10)8-12/h2-6,12H,7-8H2,1H3,(H,17,18). The van der Waals surface area contributed by atoms with Gasteiger partial charge in [-0.3, -0.25) is 4.79 Å². The van der Waals surface area contributed by atoms with Crippen LogP contribution in [0.4, 0.5) is 0 Å². The Morgan fingerprint density at radius 1 is 1.32 bits per heavy atom. The number of nitrogens with one attached hydrogen (secondary N) is 1. The predicted molar refractivity (Wildman–Crippen MR) is 81.9 cm³/mol. The summed E-state index contributed by atoms with van der Waals surface area (Å²) in [7, 11) is 0. The Bertz CT molecular complexity index is 610. The fourth-order valence-corrected chi connectivity index (χ4v) is 4.27. The number of amides is 1. The van der Waals surface area contributed by atoms with E-state index in [0.717, 1.165) is 27.1 Å². The van der Waals surface area contributed by atoms with Crippen molar-refractivity contribution in [2.24, 2.45) is 0 Å². The number of halogens is 1. The highest BCUT2D eigenvalue weighted by Gasteiger charge is 2.24. The molecular weight excluding hydrogens is 322 g/mol. The molecule has 4 heteroatoms. The van der Waals surface area contributed by atoms with Gasteiger partial charge in [-0.25, -0.2) is 0 Å². The molecule has 1 aliphatic rings. The first-order valence-electron chi connectivity index (χ1n) is 6.27. The van der Waals surface area contributed by atoms with Crippen molar-refractivity contribution in [3.05, 3.63) is 55.7 Å². The van der Waals surface area contributed by atoms with Crippen LogP contribution >= 0.6 is 27.3 Å². The van der Waals surface area contributed by atoms with Crippen molar-refractivity contribution in [2.45, 2.75) is 25.8 Å². The van der Waals surface area contributed by atoms with Crippen LogP contribution in [0.1, 0.15) is 25.7 Å². The van der Waals surface area contributed by atoms with E-state index in [0.29, 0.717) is 0 Å². The molecule has 0 saturated heterocycles. The van der Waals surface area contributed by atoms with Gasteiger partial charge >= 0.3 is 0 Å². The zero-order valence-electron chi connectivity index (χ0n) is 10.6. The molecule has 1 heterocycles. The van der Waals surface area contributed by atoms with Gasteiger partial charge < -0.3 is 5.32 Å². The highest BCUT2D eigenvalue weighted by atomic mass is 79.9. The Kier molecular flexibility index (Phi) is 3.46. The summed E-state index contributed by atoms with van der Waals surface area (Å²) in [5.41, 5.74) is 2.71. The Morgan fingerprint density at radius 3 is 2.47 bits per heavy atom. The average Bonchev–Trinajstić information content (AvgIpc) is 2.91. The normalized spacial score (nSPS) is 14.4. The fourth-order valence-electron chi connectivity index (χ4n) is 2.55. The van der Waals surface area contributed by atoms with Gasteiger partial charge in [-0.05, 0) is 52.9 Å². The van der Waals surface area contributed by atoms with Gasteiger partial charge in [0.05, 0.1) is 0 Å². The number of carbonyl (C=O) groups excluding carboxylic acids is 1. The highest BCUT2D eigenvalue weighted by molar-refractivity contribution is 9.10. The molecule has 0 aliphatic heterocycles. The molecule has 19 heavy (non-hydrogen) atoms. The molecular formula is C15H14BrNOS. The van der Waals surface area contributed by atoms with Crippen molar-refractivity contribution in [3.63, 3.8) is 0 Å². The number of rotatable bonds is 2. The zero-order valence-corrected chi connectivity index (χ0v) is 13.0. The fraction of sp³-hybridized carbons (Fsp3) is 0.267. The third kappa shape index (κ3) is 2.60. The average molecular weight is 336 g/mol. The Labute approximate surface area is 125 Å². The van der Waals surface area contributed by atoms with Gasteiger partial charge in [-0.2, -0.15) is 0 Å². The van der Waals surface area contributed by atoms with Crippen LogP contribution in [0.25, 0.3) is 0 Å². The largest absolute Gasteiger partial charge is 0.348 e. The van der Waals surface area contributed by atoms with E-state index < -0.39 is 0 Å². The van der Waals surface area contributed by atoms with Gasteiger partial charge in [-0.1, -0.05) is 24.3 Å². The van der Waals surface area contributed by atoms with Crippen LogP contribution in [0.3, 0.4) is 0 Å². The minimum Gasteiger partial charge on any atom is -0.348 e. The number of carbonyl (C=O) groups is 1. The summed E-state index contributed by atoms with van der Waals surface area (Å²) in [5, 5.41) is 3.14. The molecule has 0 atom stereocenters. The van der Waals surface area contributed by atoms with Crippen molar-refractivity contribution in [2.75, 3.05) is 0 Å². The Balaban J connectivity index is 1.71. The minimum absolute atomic E-state index is 0.0304. The summed E-state index contributed by atoms with van der Waals surface area (Å²) in [6.45, 7) is 2.01. The summed E-state index contributed by atoms with van der Waals surface area (Å²) in [6, 6.07) is 10.6. The lowest BCUT2D eigenvalue weighted by Crippen LogP contribution is -2.35. The van der Waals surface area contributed by atoms with Crippen LogP contribution in [0.5, 0.6) is 0 Å². The predicted octanol–water partition coefficient (Wildman–Crippen LogP) is 3.72. The summed E-state index contributed by atoms with van der Waals surface area (Å²) in [5.74, 6) is 0.0304. The maximum Gasteiger partial charge on any atom is 0.262 e. The molecule has 1 aromatic carbocycles. The van der Waals surface area contributed by atoms with Gasteiger partial charge in [0.25, 0.3) is 5.91 Å². The second-order valence-electron chi connectivity index (χ2n) is 4.88. The lowest BCUT2D eigenvalue weighted by molar-refractivity contribution is 0.0942. The summed E-state index contributed by atoms with van der Waals surface area (Å²) in [6.07, 6.45) is 1.87. The Hall–Kier alpha value is -1.13. The van der Waals surface area contributed by atoms with Crippen molar-refractivity contribution < 1.29 is 4.79 Å². The van der Waals surface area contributed by atoms with Crippen molar-refractivity contribution in [1.82, 2.24) is 5.32 Å². The highest BCUT2D eigenvalue weighted by Crippen LogP contribution is 2.28. The maximum absolute atomic E-state index is 12.3. The van der Waals surface area contributed by atoms with Crippen molar-refractivity contribution in [3.8, 4) is 0 Å². The van der Waals surface area contributed by atoms with Gasteiger partial charge in [0, 0.05) is 15.4 Å². The van der Waals surface area contributed by atoms with Crippen molar-refractivity contribution in [1.29, 1.82) is 0 Å². The van der Waals surface area contributed by atoms with Crippen LogP contribution in [0, 0.1) is 6.92 Å². The quantitative estimate of drug-likeness (QED) is 0.890. The molecule has 3 rings (SSSR count). The van der Waals surface area contributed by atoms with Gasteiger partial charge in [0.1, 0.15) is 4.88 Å². The van der Waals surface area contributed by atoms with E-state index in [1.807, 2.05) is 13.0 Å². The minimum atomic E-state index is 0.0304. The smallest absolute Gasteiger partial charge is 0.262 e. The van der Waals surface area contributed by atoms with Crippen LogP contribution in [-0.2, 0) is 12.8 Å². The second-order valence-corrected chi connectivity index (χ2v) is 6.99. The molecule has 2 aromatic rings. The summed E-state index contributed by atoms with van der Waals surface area (Å²) < 4.78 is 0.892. The molecule has 1 aliphatic carbocycles. The first-order chi connectivity index (χ1) is 9.13. The summed E-state index contributed by atoms with van der Waals surface area (Å²) >= 11 is 4.98. The second kappa shape index (κ2) is 5.10. The molecule has 0 radical (unpaired) electrons. The molecule has 1 amide bonds. The van der Waals surface area contributed by atoms with Gasteiger partial charge in [-0.15, -0.1) is 11.3 Å². The summed E-state index contributed by atoms with van der Waals surface area (Å²) in [4.78, 5) is 14.2. The topological polar surface area (TPSA) is 29.1 Å². The SMILES string of the molecule is Cc1cc(Br)c(C(=O)NC2Cc3ccccc3C2)s1. The lowest BCUT2D eigenvalue weighted by atomic mass is 10.1. The van der Waals surface area contributed by atoms with E-state index in [1.54, 1.807) is 0 Å². The molecule has 0 bridgehead atoms. The molecule has 2 nitrogen and oxygen atoms in total. The third-order valence-electron chi connectivity index (χ3n) is 3.40. The molecule has 1 aromatic heterocycles. The number of thiophene rings is 1. The van der Waals surface area contributed by atoms with Crippen LogP contribution in [-0.4, -0.2) is 11.9 Å². The molecule has 0 spiro atoms. The number of hydrogen-bond acceptors (Lipinski definition) is 2. The zero-order chi connectivity index (χ0) is 13.4. The molecule has 0 unspecified atom stereocenters. The first-order valence-corrected chi connectivity index (χ1v) is 7.88. The number of fused-ring (bicyclic) bond motifs is 1. The monoisotopic (exact) mass is 335 g/mol. The van der Waals surface area contributed by atoms with E-state index in [4.69, 9.17) is 0 Å². The van der Waals surface area contributed by atoms with Gasteiger partial charge in [0.2, 0.25) is 0 Å². The molecule has 0 saturated carbocycles. The van der Waals surface area contributed by atoms with Crippen LogP contribution in [0.2, 0.25) is 0 Å². The lowest BCUT2D eigenvalue weighted by Gasteiger charge is -2.11. The Morgan fingerprint density at radius 2 is 1.95 bits per heavy atom. The number of benzene rings is 1. The van der Waals surface area contributed by atoms with E-state index in [-0.39, 0.29) is 11.9 Å². The first kappa shape index (κ1) is 12.9. The van der Waals surface area contributed by atoms with Gasteiger partial charge in [0.15, 0.2) is 0 Å². The number of hydrogen-bond donors (Lipinski definition) is 1. The maximum atomic E-state index is 12.3. The molecule has 0 fully saturated rings. The molecule has 1 N–H and O–H groups in total. The van der Waals surface area contributed by atoms with E-state index in [2.05, 4.69) is 45.5 Å². The number of aryl methyl sites for hydroxylation is 1. The van der Waals surface area contributed by atoms with E-state index in [1.165, 1.54) is 22.5 Å². The van der Waals surface area contributed by atoms with E-state index >= 15 is 0 Å². The van der Waals surface area contributed by atoms with Crippen LogP contribution in [0.15, 0.2) is 34.8 Å². The van der Waals surface area contributed by atoms with E-state index in [9.17, 15) is 4.79 Å².